The van der Waals surface area contributed by atoms with E-state index in [-0.39, 0.29) is 5.97 Å². The highest BCUT2D eigenvalue weighted by Gasteiger charge is 2.28. The second-order valence-electron chi connectivity index (χ2n) is 3.01. The van der Waals surface area contributed by atoms with Crippen molar-refractivity contribution >= 4 is 17.7 Å². The van der Waals surface area contributed by atoms with E-state index in [0.717, 1.165) is 12.2 Å². The molecule has 0 amide bonds. The van der Waals surface area contributed by atoms with Crippen LogP contribution in [0.3, 0.4) is 0 Å². The lowest BCUT2D eigenvalue weighted by Crippen LogP contribution is -2.45. The van der Waals surface area contributed by atoms with Crippen LogP contribution in [-0.4, -0.2) is 30.6 Å². The Hall–Kier alpha value is -0.220. The molecule has 0 fully saturated rings. The van der Waals surface area contributed by atoms with Crippen LogP contribution in [0.5, 0.6) is 0 Å². The van der Waals surface area contributed by atoms with Crippen molar-refractivity contribution in [1.82, 2.24) is 0 Å². The minimum Gasteiger partial charge on any atom is -0.468 e. The van der Waals surface area contributed by atoms with E-state index in [1.165, 1.54) is 7.11 Å². The second kappa shape index (κ2) is 5.43. The number of esters is 1. The first kappa shape index (κ1) is 11.8. The van der Waals surface area contributed by atoms with Crippen LogP contribution in [0.1, 0.15) is 19.8 Å². The molecule has 0 bridgehead atoms. The Morgan fingerprint density at radius 2 is 2.25 bits per heavy atom. The normalized spacial score (nSPS) is 15.3. The topological polar surface area (TPSA) is 52.3 Å². The minimum atomic E-state index is -0.815. The van der Waals surface area contributed by atoms with Crippen molar-refractivity contribution in [3.05, 3.63) is 0 Å². The van der Waals surface area contributed by atoms with Crippen LogP contribution in [0.4, 0.5) is 0 Å². The molecule has 4 heteroatoms. The smallest absolute Gasteiger partial charge is 0.325 e. The number of methoxy groups -OCH3 is 1. The van der Waals surface area contributed by atoms with Gasteiger partial charge in [0, 0.05) is 0 Å². The standard InChI is InChI=1S/C8H17NO2S/c1-8(9,7(10)11-2)5-4-6-12-3/h4-6,9H2,1-3H3/t8-/m0/s1. The SMILES string of the molecule is COC(=O)[C@@](C)(N)CCCSC. The summed E-state index contributed by atoms with van der Waals surface area (Å²) in [6.45, 7) is 1.71. The van der Waals surface area contributed by atoms with Crippen molar-refractivity contribution in [3.8, 4) is 0 Å². The van der Waals surface area contributed by atoms with Gasteiger partial charge < -0.3 is 10.5 Å². The summed E-state index contributed by atoms with van der Waals surface area (Å²) < 4.78 is 4.57. The Morgan fingerprint density at radius 1 is 1.67 bits per heavy atom. The maximum Gasteiger partial charge on any atom is 0.325 e. The zero-order chi connectivity index (χ0) is 9.61. The molecule has 0 spiro atoms. The summed E-state index contributed by atoms with van der Waals surface area (Å²) >= 11 is 1.75. The average Bonchev–Trinajstić information content (AvgIpc) is 2.03. The summed E-state index contributed by atoms with van der Waals surface area (Å²) in [6, 6.07) is 0. The largest absolute Gasteiger partial charge is 0.468 e. The highest BCUT2D eigenvalue weighted by atomic mass is 32.2. The molecule has 0 saturated carbocycles. The maximum absolute atomic E-state index is 11.1. The third-order valence-corrected chi connectivity index (χ3v) is 2.39. The molecule has 0 heterocycles. The van der Waals surface area contributed by atoms with E-state index in [9.17, 15) is 4.79 Å². The van der Waals surface area contributed by atoms with Gasteiger partial charge in [-0.15, -0.1) is 0 Å². The zero-order valence-corrected chi connectivity index (χ0v) is 8.74. The highest BCUT2D eigenvalue weighted by Crippen LogP contribution is 2.12. The molecule has 0 aromatic carbocycles. The van der Waals surface area contributed by atoms with Gasteiger partial charge >= 0.3 is 5.97 Å². The fraction of sp³-hybridized carbons (Fsp3) is 0.875. The molecule has 0 saturated heterocycles. The van der Waals surface area contributed by atoms with Gasteiger partial charge in [-0.3, -0.25) is 4.79 Å². The summed E-state index contributed by atoms with van der Waals surface area (Å²) in [5.74, 6) is 0.702. The lowest BCUT2D eigenvalue weighted by atomic mass is 9.98. The third kappa shape index (κ3) is 3.97. The van der Waals surface area contributed by atoms with Crippen molar-refractivity contribution in [1.29, 1.82) is 0 Å². The molecular formula is C8H17NO2S. The number of hydrogen-bond acceptors (Lipinski definition) is 4. The van der Waals surface area contributed by atoms with Gasteiger partial charge in [-0.25, -0.2) is 0 Å². The molecule has 0 radical (unpaired) electrons. The van der Waals surface area contributed by atoms with Gasteiger partial charge in [0.15, 0.2) is 0 Å². The Bertz CT molecular complexity index is 148. The van der Waals surface area contributed by atoms with Crippen molar-refractivity contribution in [2.75, 3.05) is 19.1 Å². The lowest BCUT2D eigenvalue weighted by molar-refractivity contribution is -0.146. The molecule has 0 aliphatic rings. The highest BCUT2D eigenvalue weighted by molar-refractivity contribution is 7.98. The molecule has 0 aromatic heterocycles. The van der Waals surface area contributed by atoms with Crippen LogP contribution < -0.4 is 5.73 Å². The third-order valence-electron chi connectivity index (χ3n) is 1.70. The van der Waals surface area contributed by atoms with Crippen molar-refractivity contribution in [2.45, 2.75) is 25.3 Å². The molecule has 2 N–H and O–H groups in total. The quantitative estimate of drug-likeness (QED) is 0.520. The van der Waals surface area contributed by atoms with E-state index in [2.05, 4.69) is 4.74 Å². The molecule has 0 rings (SSSR count). The minimum absolute atomic E-state index is 0.330. The second-order valence-corrected chi connectivity index (χ2v) is 3.99. The van der Waals surface area contributed by atoms with Gasteiger partial charge in [0.05, 0.1) is 7.11 Å². The number of carbonyl (C=O) groups excluding carboxylic acids is 1. The van der Waals surface area contributed by atoms with E-state index in [4.69, 9.17) is 5.73 Å². The van der Waals surface area contributed by atoms with E-state index in [1.54, 1.807) is 18.7 Å². The zero-order valence-electron chi connectivity index (χ0n) is 7.92. The summed E-state index contributed by atoms with van der Waals surface area (Å²) in [4.78, 5) is 11.1. The molecule has 0 aliphatic heterocycles. The van der Waals surface area contributed by atoms with Crippen LogP contribution in [0.25, 0.3) is 0 Å². The Morgan fingerprint density at radius 3 is 2.67 bits per heavy atom. The summed E-state index contributed by atoms with van der Waals surface area (Å²) in [5, 5.41) is 0. The molecule has 0 aliphatic carbocycles. The average molecular weight is 191 g/mol. The predicted octanol–water partition coefficient (Wildman–Crippen LogP) is 1.02. The number of thioether (sulfide) groups is 1. The van der Waals surface area contributed by atoms with Crippen LogP contribution in [0.2, 0.25) is 0 Å². The molecule has 12 heavy (non-hydrogen) atoms. The van der Waals surface area contributed by atoms with Gasteiger partial charge in [0.25, 0.3) is 0 Å². The first-order valence-corrected chi connectivity index (χ1v) is 5.30. The van der Waals surface area contributed by atoms with Gasteiger partial charge in [0.1, 0.15) is 5.54 Å². The Labute approximate surface area is 78.0 Å². The van der Waals surface area contributed by atoms with Gasteiger partial charge in [-0.1, -0.05) is 0 Å². The first-order chi connectivity index (χ1) is 5.54. The number of rotatable bonds is 5. The number of hydrogen-bond donors (Lipinski definition) is 1. The lowest BCUT2D eigenvalue weighted by Gasteiger charge is -2.20. The number of nitrogens with two attached hydrogens (primary N) is 1. The Kier molecular flexibility index (Phi) is 5.33. The molecule has 1 atom stereocenters. The predicted molar refractivity (Wildman–Crippen MR) is 52.2 cm³/mol. The van der Waals surface area contributed by atoms with Crippen LogP contribution in [0.15, 0.2) is 0 Å². The molecule has 72 valence electrons. The van der Waals surface area contributed by atoms with E-state index in [1.807, 2.05) is 6.26 Å². The Balaban J connectivity index is 3.78. The molecule has 0 aromatic rings. The van der Waals surface area contributed by atoms with Gasteiger partial charge in [0.2, 0.25) is 0 Å². The van der Waals surface area contributed by atoms with E-state index in [0.29, 0.717) is 6.42 Å². The van der Waals surface area contributed by atoms with Crippen LogP contribution >= 0.6 is 11.8 Å². The first-order valence-electron chi connectivity index (χ1n) is 3.91. The van der Waals surface area contributed by atoms with E-state index >= 15 is 0 Å². The fourth-order valence-corrected chi connectivity index (χ4v) is 1.35. The fourth-order valence-electron chi connectivity index (χ4n) is 0.919. The van der Waals surface area contributed by atoms with Crippen molar-refractivity contribution in [2.24, 2.45) is 5.73 Å². The maximum atomic E-state index is 11.1. The van der Waals surface area contributed by atoms with Crippen molar-refractivity contribution < 1.29 is 9.53 Å². The number of ether oxygens (including phenoxy) is 1. The molecule has 0 unspecified atom stereocenters. The van der Waals surface area contributed by atoms with Crippen LogP contribution in [0, 0.1) is 0 Å². The number of carbonyl (C=O) groups is 1. The molecular weight excluding hydrogens is 174 g/mol. The summed E-state index contributed by atoms with van der Waals surface area (Å²) in [6.07, 6.45) is 3.66. The summed E-state index contributed by atoms with van der Waals surface area (Å²) in [5.41, 5.74) is 4.91. The van der Waals surface area contributed by atoms with Crippen molar-refractivity contribution in [3.63, 3.8) is 0 Å². The van der Waals surface area contributed by atoms with Gasteiger partial charge in [-0.2, -0.15) is 11.8 Å². The monoisotopic (exact) mass is 191 g/mol. The molecule has 3 nitrogen and oxygen atoms in total. The summed E-state index contributed by atoms with van der Waals surface area (Å²) in [7, 11) is 1.36. The van der Waals surface area contributed by atoms with Crippen LogP contribution in [-0.2, 0) is 9.53 Å². The van der Waals surface area contributed by atoms with Gasteiger partial charge in [-0.05, 0) is 31.8 Å². The van der Waals surface area contributed by atoms with E-state index < -0.39 is 5.54 Å².